The molecule has 1 aliphatic heterocycles. The number of aromatic nitrogens is 2. The fraction of sp³-hybridized carbons (Fsp3) is 0.0833. The lowest BCUT2D eigenvalue weighted by atomic mass is 10.0. The zero-order chi connectivity index (χ0) is 20.7. The van der Waals surface area contributed by atoms with Crippen molar-refractivity contribution in [3.05, 3.63) is 94.6 Å². The summed E-state index contributed by atoms with van der Waals surface area (Å²) in [7, 11) is 1.67. The van der Waals surface area contributed by atoms with Gasteiger partial charge in [0.25, 0.3) is 0 Å². The predicted molar refractivity (Wildman–Crippen MR) is 122 cm³/mol. The van der Waals surface area contributed by atoms with Crippen LogP contribution in [-0.4, -0.2) is 22.6 Å². The third-order valence-electron chi connectivity index (χ3n) is 4.98. The van der Waals surface area contributed by atoms with Crippen LogP contribution < -0.4 is 4.74 Å². The normalized spacial score (nSPS) is 12.6. The fourth-order valence-electron chi connectivity index (χ4n) is 3.52. The summed E-state index contributed by atoms with van der Waals surface area (Å²) in [5.41, 5.74) is 5.76. The topological polar surface area (TPSA) is 39.4 Å². The van der Waals surface area contributed by atoms with E-state index in [4.69, 9.17) is 26.4 Å². The maximum absolute atomic E-state index is 6.31. The van der Waals surface area contributed by atoms with E-state index >= 15 is 0 Å². The molecule has 6 heteroatoms. The number of methoxy groups -OCH3 is 1. The maximum Gasteiger partial charge on any atom is 0.118 e. The molecule has 0 saturated heterocycles. The number of aliphatic imine (C=N–C) groups is 1. The molecule has 1 aliphatic rings. The summed E-state index contributed by atoms with van der Waals surface area (Å²) in [6, 6.07) is 23.9. The SMILES string of the molecule is COc1ccc(C2=Nc3ccc(Cl)cc3Sc3c2c(C)nn3-c2ccccc2)cc1. The van der Waals surface area contributed by atoms with Crippen molar-refractivity contribution in [1.29, 1.82) is 0 Å². The van der Waals surface area contributed by atoms with Gasteiger partial charge in [-0.25, -0.2) is 9.67 Å². The molecule has 0 fully saturated rings. The Kier molecular flexibility index (Phi) is 4.85. The van der Waals surface area contributed by atoms with Crippen LogP contribution in [0, 0.1) is 6.92 Å². The van der Waals surface area contributed by atoms with Gasteiger partial charge >= 0.3 is 0 Å². The lowest BCUT2D eigenvalue weighted by molar-refractivity contribution is 0.415. The Labute approximate surface area is 184 Å². The number of benzene rings is 3. The van der Waals surface area contributed by atoms with E-state index in [1.54, 1.807) is 18.9 Å². The van der Waals surface area contributed by atoms with Crippen LogP contribution in [0.4, 0.5) is 5.69 Å². The molecule has 0 atom stereocenters. The summed E-state index contributed by atoms with van der Waals surface area (Å²) < 4.78 is 7.32. The maximum atomic E-state index is 6.31. The molecule has 1 aromatic heterocycles. The van der Waals surface area contributed by atoms with E-state index in [2.05, 4.69) is 12.1 Å². The van der Waals surface area contributed by atoms with Crippen molar-refractivity contribution in [2.45, 2.75) is 16.8 Å². The highest BCUT2D eigenvalue weighted by Gasteiger charge is 2.26. The monoisotopic (exact) mass is 431 g/mol. The van der Waals surface area contributed by atoms with E-state index < -0.39 is 0 Å². The first kappa shape index (κ1) is 19.0. The van der Waals surface area contributed by atoms with Gasteiger partial charge < -0.3 is 4.74 Å². The molecule has 0 unspecified atom stereocenters. The van der Waals surface area contributed by atoms with Crippen LogP contribution in [0.3, 0.4) is 0 Å². The molecule has 0 amide bonds. The van der Waals surface area contributed by atoms with E-state index in [0.717, 1.165) is 49.6 Å². The third kappa shape index (κ3) is 3.30. The van der Waals surface area contributed by atoms with Crippen LogP contribution in [0.15, 0.2) is 87.7 Å². The second kappa shape index (κ2) is 7.67. The molecule has 0 radical (unpaired) electrons. The molecule has 2 heterocycles. The van der Waals surface area contributed by atoms with Gasteiger partial charge in [0.1, 0.15) is 10.8 Å². The minimum absolute atomic E-state index is 0.688. The summed E-state index contributed by atoms with van der Waals surface area (Å²) in [5.74, 6) is 0.812. The van der Waals surface area contributed by atoms with Gasteiger partial charge in [0.05, 0.1) is 35.5 Å². The summed E-state index contributed by atoms with van der Waals surface area (Å²) in [6.45, 7) is 2.03. The van der Waals surface area contributed by atoms with Crippen LogP contribution in [0.1, 0.15) is 16.8 Å². The van der Waals surface area contributed by atoms with Crippen molar-refractivity contribution >= 4 is 34.8 Å². The number of nitrogens with zero attached hydrogens (tertiary/aromatic N) is 3. The summed E-state index contributed by atoms with van der Waals surface area (Å²) in [5, 5.41) is 6.58. The molecule has 5 rings (SSSR count). The van der Waals surface area contributed by atoms with Crippen molar-refractivity contribution in [1.82, 2.24) is 9.78 Å². The molecule has 3 aromatic carbocycles. The number of aryl methyl sites for hydroxylation is 1. The Balaban J connectivity index is 1.78. The van der Waals surface area contributed by atoms with Crippen molar-refractivity contribution in [2.24, 2.45) is 4.99 Å². The highest BCUT2D eigenvalue weighted by molar-refractivity contribution is 7.99. The molecule has 0 spiro atoms. The first-order valence-electron chi connectivity index (χ1n) is 9.50. The number of fused-ring (bicyclic) bond motifs is 2. The first-order chi connectivity index (χ1) is 14.6. The molecular formula is C24H18ClN3OS. The summed E-state index contributed by atoms with van der Waals surface area (Å²) in [6.07, 6.45) is 0. The average Bonchev–Trinajstić information content (AvgIpc) is 2.99. The summed E-state index contributed by atoms with van der Waals surface area (Å²) >= 11 is 7.95. The Hall–Kier alpha value is -3.02. The van der Waals surface area contributed by atoms with Crippen molar-refractivity contribution in [3.8, 4) is 11.4 Å². The largest absolute Gasteiger partial charge is 0.497 e. The van der Waals surface area contributed by atoms with Gasteiger partial charge in [-0.2, -0.15) is 5.10 Å². The number of ether oxygens (including phenoxy) is 1. The van der Waals surface area contributed by atoms with Crippen molar-refractivity contribution in [3.63, 3.8) is 0 Å². The van der Waals surface area contributed by atoms with E-state index in [1.165, 1.54) is 0 Å². The lowest BCUT2D eigenvalue weighted by Crippen LogP contribution is -2.05. The predicted octanol–water partition coefficient (Wildman–Crippen LogP) is 6.48. The van der Waals surface area contributed by atoms with Gasteiger partial charge in [0.15, 0.2) is 0 Å². The number of rotatable bonds is 3. The van der Waals surface area contributed by atoms with E-state index in [0.29, 0.717) is 5.02 Å². The highest BCUT2D eigenvalue weighted by atomic mass is 35.5. The molecule has 4 aromatic rings. The van der Waals surface area contributed by atoms with Gasteiger partial charge in [-0.1, -0.05) is 41.6 Å². The van der Waals surface area contributed by atoms with E-state index in [9.17, 15) is 0 Å². The van der Waals surface area contributed by atoms with Crippen LogP contribution in [0.2, 0.25) is 5.02 Å². The smallest absolute Gasteiger partial charge is 0.118 e. The molecular weight excluding hydrogens is 414 g/mol. The van der Waals surface area contributed by atoms with Crippen LogP contribution in [0.25, 0.3) is 5.69 Å². The van der Waals surface area contributed by atoms with Crippen molar-refractivity contribution in [2.75, 3.05) is 7.11 Å². The van der Waals surface area contributed by atoms with Crippen LogP contribution >= 0.6 is 23.4 Å². The highest BCUT2D eigenvalue weighted by Crippen LogP contribution is 2.44. The minimum Gasteiger partial charge on any atom is -0.497 e. The van der Waals surface area contributed by atoms with Gasteiger partial charge in [-0.05, 0) is 61.5 Å². The molecule has 4 nitrogen and oxygen atoms in total. The Morgan fingerprint density at radius 1 is 0.967 bits per heavy atom. The Morgan fingerprint density at radius 3 is 2.47 bits per heavy atom. The minimum atomic E-state index is 0.688. The van der Waals surface area contributed by atoms with E-state index in [1.807, 2.05) is 72.3 Å². The summed E-state index contributed by atoms with van der Waals surface area (Å²) in [4.78, 5) is 6.06. The molecule has 0 aliphatic carbocycles. The van der Waals surface area contributed by atoms with Gasteiger partial charge in [0, 0.05) is 15.5 Å². The van der Waals surface area contributed by atoms with Crippen LogP contribution in [0.5, 0.6) is 5.75 Å². The molecule has 30 heavy (non-hydrogen) atoms. The fourth-order valence-corrected chi connectivity index (χ4v) is 4.95. The lowest BCUT2D eigenvalue weighted by Gasteiger charge is -2.09. The Bertz CT molecular complexity index is 1260. The average molecular weight is 432 g/mol. The zero-order valence-electron chi connectivity index (χ0n) is 16.5. The number of hydrogen-bond donors (Lipinski definition) is 0. The first-order valence-corrected chi connectivity index (χ1v) is 10.7. The molecule has 0 N–H and O–H groups in total. The number of hydrogen-bond acceptors (Lipinski definition) is 4. The standard InChI is InChI=1S/C24H18ClN3OS/c1-15-22-23(16-8-11-19(29-2)12-9-16)26-20-13-10-17(25)14-21(20)30-24(22)28(27-15)18-6-4-3-5-7-18/h3-14H,1-2H3. The number of halogens is 1. The third-order valence-corrected chi connectivity index (χ3v) is 6.33. The van der Waals surface area contributed by atoms with Gasteiger partial charge in [0.2, 0.25) is 0 Å². The van der Waals surface area contributed by atoms with Gasteiger partial charge in [-0.15, -0.1) is 0 Å². The molecule has 148 valence electrons. The van der Waals surface area contributed by atoms with Gasteiger partial charge in [-0.3, -0.25) is 0 Å². The second-order valence-electron chi connectivity index (χ2n) is 6.92. The molecule has 0 bridgehead atoms. The molecule has 0 saturated carbocycles. The zero-order valence-corrected chi connectivity index (χ0v) is 18.0. The van der Waals surface area contributed by atoms with E-state index in [-0.39, 0.29) is 0 Å². The quantitative estimate of drug-likeness (QED) is 0.328. The second-order valence-corrected chi connectivity index (χ2v) is 8.38. The van der Waals surface area contributed by atoms with Crippen molar-refractivity contribution < 1.29 is 4.74 Å². The number of para-hydroxylation sites is 1. The Morgan fingerprint density at radius 2 is 1.73 bits per heavy atom. The van der Waals surface area contributed by atoms with Crippen LogP contribution in [-0.2, 0) is 0 Å².